The lowest BCUT2D eigenvalue weighted by molar-refractivity contribution is 0.100. The zero-order valence-electron chi connectivity index (χ0n) is 15.4. The van der Waals surface area contributed by atoms with E-state index >= 15 is 0 Å². The number of nitrogens with zero attached hydrogens (tertiary/aromatic N) is 1. The Hall–Kier alpha value is -3.94. The summed E-state index contributed by atoms with van der Waals surface area (Å²) in [5.74, 6) is -2.01. The second-order valence-electron chi connectivity index (χ2n) is 6.09. The van der Waals surface area contributed by atoms with Crippen molar-refractivity contribution < 1.29 is 18.3 Å². The van der Waals surface area contributed by atoms with E-state index in [1.807, 2.05) is 0 Å². The van der Waals surface area contributed by atoms with Gasteiger partial charge in [0.15, 0.2) is 0 Å². The molecular formula is C21H18F2N4O2. The Balaban J connectivity index is 1.88. The van der Waals surface area contributed by atoms with Gasteiger partial charge in [0.2, 0.25) is 0 Å². The van der Waals surface area contributed by atoms with Crippen molar-refractivity contribution in [1.29, 1.82) is 0 Å². The highest BCUT2D eigenvalue weighted by Gasteiger charge is 2.12. The molecule has 0 radical (unpaired) electrons. The predicted octanol–water partition coefficient (Wildman–Crippen LogP) is 3.93. The first-order valence-electron chi connectivity index (χ1n) is 8.56. The lowest BCUT2D eigenvalue weighted by Gasteiger charge is -2.10. The average Bonchev–Trinajstić information content (AvgIpc) is 2.68. The molecule has 3 aromatic rings. The minimum Gasteiger partial charge on any atom is -0.457 e. The minimum atomic E-state index is -0.772. The van der Waals surface area contributed by atoms with Crippen LogP contribution in [0, 0.1) is 11.6 Å². The van der Waals surface area contributed by atoms with Crippen molar-refractivity contribution >= 4 is 23.1 Å². The number of carbonyl (C=O) groups is 1. The van der Waals surface area contributed by atoms with Gasteiger partial charge in [-0.2, -0.15) is 4.99 Å². The third kappa shape index (κ3) is 4.86. The zero-order valence-corrected chi connectivity index (χ0v) is 15.4. The molecule has 0 saturated heterocycles. The molecule has 0 saturated carbocycles. The molecule has 0 heterocycles. The highest BCUT2D eigenvalue weighted by Crippen LogP contribution is 2.26. The highest BCUT2D eigenvalue weighted by atomic mass is 19.1. The number of benzene rings is 3. The fourth-order valence-corrected chi connectivity index (χ4v) is 2.59. The van der Waals surface area contributed by atoms with Crippen LogP contribution in [0.15, 0.2) is 65.7 Å². The molecule has 0 unspecified atom stereocenters. The average molecular weight is 396 g/mol. The molecule has 0 spiro atoms. The maximum absolute atomic E-state index is 13.3. The molecule has 0 bridgehead atoms. The molecule has 8 heteroatoms. The van der Waals surface area contributed by atoms with E-state index in [1.165, 1.54) is 18.2 Å². The Kier molecular flexibility index (Phi) is 5.73. The van der Waals surface area contributed by atoms with E-state index in [1.54, 1.807) is 31.3 Å². The number of rotatable bonds is 5. The second-order valence-corrected chi connectivity index (χ2v) is 6.09. The Morgan fingerprint density at radius 3 is 2.41 bits per heavy atom. The quantitative estimate of drug-likeness (QED) is 0.345. The monoisotopic (exact) mass is 396 g/mol. The molecule has 5 N–H and O–H groups in total. The molecule has 3 rings (SSSR count). The number of halogens is 2. The number of nitrogens with one attached hydrogen (secondary N) is 1. The van der Waals surface area contributed by atoms with Crippen molar-refractivity contribution in [3.63, 3.8) is 0 Å². The molecular weight excluding hydrogens is 378 g/mol. The lowest BCUT2D eigenvalue weighted by Crippen LogP contribution is -2.18. The van der Waals surface area contributed by atoms with Crippen molar-refractivity contribution in [1.82, 2.24) is 0 Å². The van der Waals surface area contributed by atoms with Crippen LogP contribution in [0.3, 0.4) is 0 Å². The number of nitrogen functional groups attached to an aromatic ring is 1. The van der Waals surface area contributed by atoms with Crippen LogP contribution in [0.1, 0.15) is 15.9 Å². The Labute approximate surface area is 165 Å². The van der Waals surface area contributed by atoms with Gasteiger partial charge in [0.05, 0.1) is 0 Å². The Morgan fingerprint density at radius 1 is 1.00 bits per heavy atom. The van der Waals surface area contributed by atoms with E-state index in [0.717, 1.165) is 23.9 Å². The fourth-order valence-electron chi connectivity index (χ4n) is 2.59. The standard InChI is InChI=1S/C21H18F2N4O2/c1-26-15-4-2-3-12(7-15)21(28)27-20(25)18-11-16(5-6-19(18)24)29-17-9-13(22)8-14(23)10-17/h2-11,26H,24H2,1H3,(H2,25,27,28). The summed E-state index contributed by atoms with van der Waals surface area (Å²) in [6, 6.07) is 14.0. The lowest BCUT2D eigenvalue weighted by atomic mass is 10.1. The number of hydrogen-bond acceptors (Lipinski definition) is 4. The second kappa shape index (κ2) is 8.39. The molecule has 0 fully saturated rings. The maximum Gasteiger partial charge on any atom is 0.279 e. The van der Waals surface area contributed by atoms with Gasteiger partial charge in [-0.15, -0.1) is 0 Å². The van der Waals surface area contributed by atoms with Crippen LogP contribution in [-0.2, 0) is 0 Å². The van der Waals surface area contributed by atoms with Gasteiger partial charge in [0, 0.05) is 47.7 Å². The SMILES string of the molecule is CNc1cccc(C(=O)N=C(N)c2cc(Oc3cc(F)cc(F)c3)ccc2N)c1. The first kappa shape index (κ1) is 19.8. The van der Waals surface area contributed by atoms with E-state index in [4.69, 9.17) is 16.2 Å². The highest BCUT2D eigenvalue weighted by molar-refractivity contribution is 6.11. The van der Waals surface area contributed by atoms with Gasteiger partial charge in [0.25, 0.3) is 5.91 Å². The summed E-state index contributed by atoms with van der Waals surface area (Å²) in [5, 5.41) is 2.93. The van der Waals surface area contributed by atoms with E-state index in [-0.39, 0.29) is 28.6 Å². The number of aliphatic imine (C=N–C) groups is 1. The summed E-state index contributed by atoms with van der Waals surface area (Å²) in [4.78, 5) is 16.3. The van der Waals surface area contributed by atoms with Crippen LogP contribution in [0.2, 0.25) is 0 Å². The number of hydrogen-bond donors (Lipinski definition) is 3. The van der Waals surface area contributed by atoms with Crippen LogP contribution in [0.4, 0.5) is 20.2 Å². The number of anilines is 2. The van der Waals surface area contributed by atoms with Crippen LogP contribution in [0.25, 0.3) is 0 Å². The van der Waals surface area contributed by atoms with Crippen LogP contribution >= 0.6 is 0 Å². The maximum atomic E-state index is 13.3. The van der Waals surface area contributed by atoms with Crippen molar-refractivity contribution in [2.75, 3.05) is 18.1 Å². The Bertz CT molecular complexity index is 1080. The number of carbonyl (C=O) groups excluding carboxylic acids is 1. The number of amides is 1. The largest absolute Gasteiger partial charge is 0.457 e. The van der Waals surface area contributed by atoms with E-state index < -0.39 is 17.5 Å². The van der Waals surface area contributed by atoms with Crippen molar-refractivity contribution in [3.05, 3.63) is 83.4 Å². The summed E-state index contributed by atoms with van der Waals surface area (Å²) in [6.07, 6.45) is 0. The summed E-state index contributed by atoms with van der Waals surface area (Å²) in [7, 11) is 1.73. The molecule has 148 valence electrons. The van der Waals surface area contributed by atoms with Gasteiger partial charge in [-0.3, -0.25) is 4.79 Å². The molecule has 0 atom stereocenters. The predicted molar refractivity (Wildman–Crippen MR) is 108 cm³/mol. The van der Waals surface area contributed by atoms with Crippen molar-refractivity contribution in [3.8, 4) is 11.5 Å². The normalized spacial score (nSPS) is 11.2. The molecule has 6 nitrogen and oxygen atoms in total. The van der Waals surface area contributed by atoms with E-state index in [9.17, 15) is 13.6 Å². The van der Waals surface area contributed by atoms with E-state index in [2.05, 4.69) is 10.3 Å². The zero-order chi connectivity index (χ0) is 21.0. The molecule has 0 aromatic heterocycles. The van der Waals surface area contributed by atoms with Gasteiger partial charge in [-0.05, 0) is 36.4 Å². The smallest absolute Gasteiger partial charge is 0.279 e. The van der Waals surface area contributed by atoms with E-state index in [0.29, 0.717) is 5.56 Å². The summed E-state index contributed by atoms with van der Waals surface area (Å²) >= 11 is 0. The number of amidine groups is 1. The number of ether oxygens (including phenoxy) is 1. The molecule has 0 aliphatic heterocycles. The van der Waals surface area contributed by atoms with Gasteiger partial charge < -0.3 is 21.5 Å². The van der Waals surface area contributed by atoms with Gasteiger partial charge >= 0.3 is 0 Å². The fraction of sp³-hybridized carbons (Fsp3) is 0.0476. The molecule has 29 heavy (non-hydrogen) atoms. The van der Waals surface area contributed by atoms with Gasteiger partial charge in [0.1, 0.15) is 29.0 Å². The van der Waals surface area contributed by atoms with Crippen LogP contribution in [0.5, 0.6) is 11.5 Å². The third-order valence-corrected chi connectivity index (χ3v) is 3.99. The van der Waals surface area contributed by atoms with Gasteiger partial charge in [-0.1, -0.05) is 6.07 Å². The topological polar surface area (TPSA) is 103 Å². The van der Waals surface area contributed by atoms with Crippen molar-refractivity contribution in [2.45, 2.75) is 0 Å². The molecule has 0 aliphatic carbocycles. The summed E-state index contributed by atoms with van der Waals surface area (Å²) in [5.41, 5.74) is 13.5. The van der Waals surface area contributed by atoms with Gasteiger partial charge in [-0.25, -0.2) is 8.78 Å². The molecule has 3 aromatic carbocycles. The summed E-state index contributed by atoms with van der Waals surface area (Å²) < 4.78 is 32.1. The molecule has 0 aliphatic rings. The Morgan fingerprint density at radius 2 is 1.72 bits per heavy atom. The third-order valence-electron chi connectivity index (χ3n) is 3.99. The van der Waals surface area contributed by atoms with Crippen molar-refractivity contribution in [2.24, 2.45) is 10.7 Å². The summed E-state index contributed by atoms with van der Waals surface area (Å²) in [6.45, 7) is 0. The first-order valence-corrected chi connectivity index (χ1v) is 8.56. The minimum absolute atomic E-state index is 0.0336. The van der Waals surface area contributed by atoms with Crippen LogP contribution in [-0.4, -0.2) is 18.8 Å². The molecule has 1 amide bonds. The first-order chi connectivity index (χ1) is 13.9. The number of nitrogens with two attached hydrogens (primary N) is 2. The van der Waals surface area contributed by atoms with Crippen LogP contribution < -0.4 is 21.5 Å².